The number of carbonyl (C=O) groups is 1. The Morgan fingerprint density at radius 3 is 2.45 bits per heavy atom. The van der Waals surface area contributed by atoms with E-state index in [-0.39, 0.29) is 10.8 Å². The fourth-order valence-corrected chi connectivity index (χ4v) is 5.29. The molecule has 0 radical (unpaired) electrons. The molecule has 9 heteroatoms. The molecular formula is C24H25ClN4O3S. The van der Waals surface area contributed by atoms with Gasteiger partial charge in [0.1, 0.15) is 5.82 Å². The lowest BCUT2D eigenvalue weighted by atomic mass is 10.1. The number of hydrogen-bond acceptors (Lipinski definition) is 5. The summed E-state index contributed by atoms with van der Waals surface area (Å²) in [4.78, 5) is 21.5. The predicted molar refractivity (Wildman–Crippen MR) is 131 cm³/mol. The van der Waals surface area contributed by atoms with Crippen LogP contribution in [0, 0.1) is 13.8 Å². The topological polar surface area (TPSA) is 82.6 Å². The Morgan fingerprint density at radius 2 is 1.76 bits per heavy atom. The van der Waals surface area contributed by atoms with Crippen LogP contribution in [0.2, 0.25) is 5.02 Å². The highest BCUT2D eigenvalue weighted by Gasteiger charge is 2.24. The van der Waals surface area contributed by atoms with Crippen molar-refractivity contribution < 1.29 is 13.2 Å². The Bertz CT molecular complexity index is 1270. The molecule has 4 rings (SSSR count). The van der Waals surface area contributed by atoms with Crippen molar-refractivity contribution >= 4 is 39.0 Å². The molecule has 1 amide bonds. The van der Waals surface area contributed by atoms with Crippen molar-refractivity contribution in [2.45, 2.75) is 18.7 Å². The molecule has 1 aromatic heterocycles. The van der Waals surface area contributed by atoms with Crippen LogP contribution in [0.15, 0.2) is 65.7 Å². The number of nitrogens with zero attached hydrogens (tertiary/aromatic N) is 3. The zero-order chi connectivity index (χ0) is 23.6. The summed E-state index contributed by atoms with van der Waals surface area (Å²) in [5, 5.41) is 0.584. The van der Waals surface area contributed by atoms with Crippen LogP contribution in [0.3, 0.4) is 0 Å². The van der Waals surface area contributed by atoms with Crippen LogP contribution in [0.4, 0.5) is 11.5 Å². The van der Waals surface area contributed by atoms with Gasteiger partial charge in [-0.1, -0.05) is 29.8 Å². The number of hydrogen-bond donors (Lipinski definition) is 1. The number of carbonyl (C=O) groups excluding carboxylic acids is 1. The van der Waals surface area contributed by atoms with E-state index in [4.69, 9.17) is 11.6 Å². The van der Waals surface area contributed by atoms with Gasteiger partial charge in [0.05, 0.1) is 9.92 Å². The van der Waals surface area contributed by atoms with Gasteiger partial charge in [0.25, 0.3) is 15.9 Å². The van der Waals surface area contributed by atoms with Crippen LogP contribution in [-0.4, -0.2) is 50.4 Å². The molecule has 1 aliphatic heterocycles. The first-order valence-electron chi connectivity index (χ1n) is 10.6. The van der Waals surface area contributed by atoms with Crippen LogP contribution in [0.25, 0.3) is 0 Å². The summed E-state index contributed by atoms with van der Waals surface area (Å²) in [7, 11) is -3.77. The molecule has 7 nitrogen and oxygen atoms in total. The second-order valence-electron chi connectivity index (χ2n) is 8.07. The maximum atomic E-state index is 13.1. The molecule has 2 heterocycles. The predicted octanol–water partition coefficient (Wildman–Crippen LogP) is 4.12. The Morgan fingerprint density at radius 1 is 1.00 bits per heavy atom. The molecular weight excluding hydrogens is 460 g/mol. The number of benzene rings is 2. The first-order valence-corrected chi connectivity index (χ1v) is 12.4. The molecule has 3 aromatic rings. The van der Waals surface area contributed by atoms with E-state index in [1.165, 1.54) is 0 Å². The molecule has 0 saturated carbocycles. The molecule has 0 bridgehead atoms. The van der Waals surface area contributed by atoms with E-state index in [0.717, 1.165) is 11.4 Å². The number of sulfonamides is 1. The number of halogens is 1. The average Bonchev–Trinajstić information content (AvgIpc) is 2.80. The van der Waals surface area contributed by atoms with Crippen molar-refractivity contribution in [3.8, 4) is 0 Å². The largest absolute Gasteiger partial charge is 0.353 e. The SMILES string of the molecule is Cc1ccc(C)c(S(=O)(=O)Nc2cccc(C(=O)N3CCN(c4ccc(Cl)cn4)CC3)c2)c1. The van der Waals surface area contributed by atoms with Crippen LogP contribution < -0.4 is 9.62 Å². The molecule has 0 spiro atoms. The van der Waals surface area contributed by atoms with Crippen LogP contribution in [0.1, 0.15) is 21.5 Å². The molecule has 172 valence electrons. The average molecular weight is 485 g/mol. The number of pyridine rings is 1. The van der Waals surface area contributed by atoms with Crippen molar-refractivity contribution in [1.29, 1.82) is 0 Å². The van der Waals surface area contributed by atoms with E-state index >= 15 is 0 Å². The summed E-state index contributed by atoms with van der Waals surface area (Å²) in [6, 6.07) is 15.6. The normalized spacial score (nSPS) is 14.3. The Balaban J connectivity index is 1.45. The minimum atomic E-state index is -3.77. The standard InChI is InChI=1S/C24H25ClN4O3S/c1-17-6-7-18(2)22(14-17)33(31,32)27-21-5-3-4-19(15-21)24(30)29-12-10-28(11-13-29)23-9-8-20(25)16-26-23/h3-9,14-16,27H,10-13H2,1-2H3. The Hall–Kier alpha value is -3.10. The fourth-order valence-electron chi connectivity index (χ4n) is 3.80. The van der Waals surface area contributed by atoms with Crippen molar-refractivity contribution in [3.05, 3.63) is 82.5 Å². The van der Waals surface area contributed by atoms with Gasteiger partial charge in [0.15, 0.2) is 0 Å². The molecule has 1 saturated heterocycles. The van der Waals surface area contributed by atoms with Gasteiger partial charge in [-0.2, -0.15) is 0 Å². The molecule has 1 N–H and O–H groups in total. The van der Waals surface area contributed by atoms with Gasteiger partial charge in [-0.05, 0) is 61.4 Å². The molecule has 33 heavy (non-hydrogen) atoms. The summed E-state index contributed by atoms with van der Waals surface area (Å²) < 4.78 is 28.5. The smallest absolute Gasteiger partial charge is 0.262 e. The number of aromatic nitrogens is 1. The van der Waals surface area contributed by atoms with E-state index in [2.05, 4.69) is 14.6 Å². The minimum absolute atomic E-state index is 0.133. The van der Waals surface area contributed by atoms with Gasteiger partial charge in [-0.15, -0.1) is 0 Å². The monoisotopic (exact) mass is 484 g/mol. The number of anilines is 2. The lowest BCUT2D eigenvalue weighted by Gasteiger charge is -2.35. The third-order valence-corrected chi connectivity index (χ3v) is 7.34. The molecule has 0 aliphatic carbocycles. The van der Waals surface area contributed by atoms with Crippen LogP contribution >= 0.6 is 11.6 Å². The van der Waals surface area contributed by atoms with E-state index in [1.54, 1.807) is 60.5 Å². The lowest BCUT2D eigenvalue weighted by Crippen LogP contribution is -2.49. The number of rotatable bonds is 5. The zero-order valence-electron chi connectivity index (χ0n) is 18.5. The van der Waals surface area contributed by atoms with Crippen molar-refractivity contribution in [2.75, 3.05) is 35.8 Å². The maximum Gasteiger partial charge on any atom is 0.262 e. The fraction of sp³-hybridized carbons (Fsp3) is 0.250. The maximum absolute atomic E-state index is 13.1. The molecule has 2 aromatic carbocycles. The summed E-state index contributed by atoms with van der Waals surface area (Å²) >= 11 is 5.91. The molecule has 0 unspecified atom stereocenters. The van der Waals surface area contributed by atoms with Gasteiger partial charge < -0.3 is 9.80 Å². The molecule has 0 atom stereocenters. The highest BCUT2D eigenvalue weighted by molar-refractivity contribution is 7.92. The van der Waals surface area contributed by atoms with Crippen molar-refractivity contribution in [1.82, 2.24) is 9.88 Å². The third kappa shape index (κ3) is 5.29. The van der Waals surface area contributed by atoms with E-state index in [0.29, 0.717) is 48.0 Å². The molecule has 1 aliphatic rings. The van der Waals surface area contributed by atoms with Crippen molar-refractivity contribution in [2.24, 2.45) is 0 Å². The summed E-state index contributed by atoms with van der Waals surface area (Å²) in [5.41, 5.74) is 2.31. The third-order valence-electron chi connectivity index (χ3n) is 5.60. The number of nitrogens with one attached hydrogen (secondary N) is 1. The van der Waals surface area contributed by atoms with Crippen LogP contribution in [0.5, 0.6) is 0 Å². The van der Waals surface area contributed by atoms with Gasteiger partial charge in [-0.3, -0.25) is 9.52 Å². The summed E-state index contributed by atoms with van der Waals surface area (Å²) in [6.07, 6.45) is 1.61. The van der Waals surface area contributed by atoms with E-state index in [1.807, 2.05) is 19.1 Å². The first-order chi connectivity index (χ1) is 15.7. The second-order valence-corrected chi connectivity index (χ2v) is 10.2. The number of amides is 1. The first kappa shape index (κ1) is 23.1. The zero-order valence-corrected chi connectivity index (χ0v) is 20.0. The number of piperazine rings is 1. The summed E-state index contributed by atoms with van der Waals surface area (Å²) in [5.74, 6) is 0.695. The van der Waals surface area contributed by atoms with E-state index < -0.39 is 10.0 Å². The summed E-state index contributed by atoms with van der Waals surface area (Å²) in [6.45, 7) is 6.00. The highest BCUT2D eigenvalue weighted by Crippen LogP contribution is 2.22. The van der Waals surface area contributed by atoms with Gasteiger partial charge in [-0.25, -0.2) is 13.4 Å². The lowest BCUT2D eigenvalue weighted by molar-refractivity contribution is 0.0746. The van der Waals surface area contributed by atoms with Gasteiger partial charge in [0.2, 0.25) is 0 Å². The Kier molecular flexibility index (Phi) is 6.58. The highest BCUT2D eigenvalue weighted by atomic mass is 35.5. The minimum Gasteiger partial charge on any atom is -0.353 e. The number of aryl methyl sites for hydroxylation is 2. The van der Waals surface area contributed by atoms with Gasteiger partial charge in [0, 0.05) is 43.6 Å². The van der Waals surface area contributed by atoms with Gasteiger partial charge >= 0.3 is 0 Å². The molecule has 1 fully saturated rings. The Labute approximate surface area is 199 Å². The van der Waals surface area contributed by atoms with E-state index in [9.17, 15) is 13.2 Å². The quantitative estimate of drug-likeness (QED) is 0.589. The second kappa shape index (κ2) is 9.41. The van der Waals surface area contributed by atoms with Crippen LogP contribution in [-0.2, 0) is 10.0 Å². The van der Waals surface area contributed by atoms with Crippen molar-refractivity contribution in [3.63, 3.8) is 0 Å².